The van der Waals surface area contributed by atoms with Gasteiger partial charge in [-0.2, -0.15) is 5.10 Å². The molecule has 3 aliphatic rings. The smallest absolute Gasteiger partial charge is 0.227 e. The van der Waals surface area contributed by atoms with Gasteiger partial charge in [0, 0.05) is 51.9 Å². The Morgan fingerprint density at radius 1 is 1.22 bits per heavy atom. The Hall–Kier alpha value is -1.11. The van der Waals surface area contributed by atoms with Gasteiger partial charge in [0.2, 0.25) is 5.91 Å². The molecule has 1 saturated carbocycles. The van der Waals surface area contributed by atoms with Crippen molar-refractivity contribution in [1.29, 1.82) is 0 Å². The number of aryl methyl sites for hydroxylation is 1. The van der Waals surface area contributed by atoms with Crippen molar-refractivity contribution in [3.63, 3.8) is 0 Å². The van der Waals surface area contributed by atoms with Crippen LogP contribution in [0.15, 0.2) is 12.4 Å². The highest BCUT2D eigenvalue weighted by molar-refractivity contribution is 5.85. The molecule has 1 aliphatic carbocycles. The third kappa shape index (κ3) is 4.84. The Kier molecular flexibility index (Phi) is 7.17. The molecule has 0 bridgehead atoms. The maximum Gasteiger partial charge on any atom is 0.227 e. The molecule has 0 radical (unpaired) electrons. The number of halogens is 1. The van der Waals surface area contributed by atoms with E-state index in [2.05, 4.69) is 15.3 Å². The second-order valence-electron chi connectivity index (χ2n) is 8.33. The van der Waals surface area contributed by atoms with Crippen LogP contribution in [0.2, 0.25) is 0 Å². The highest BCUT2D eigenvalue weighted by Gasteiger charge is 2.38. The van der Waals surface area contributed by atoms with Crippen LogP contribution in [0.25, 0.3) is 0 Å². The average Bonchev–Trinajstić information content (AvgIpc) is 3.41. The van der Waals surface area contributed by atoms with Gasteiger partial charge in [-0.05, 0) is 37.2 Å². The minimum Gasteiger partial charge on any atom is -0.378 e. The molecule has 3 heterocycles. The summed E-state index contributed by atoms with van der Waals surface area (Å²) in [6.45, 7) is 4.24. The standard InChI is InChI=1S/C20H32N4O2.ClH/c1-23-13-16(10-22-23)18-11-21-12-19(18)20(25)24-8-6-17(7-9-24)26-14-15-4-2-3-5-15;/h10,13,15,17-19,21H,2-9,11-12,14H2,1H3;1H/t18-,19+;/m1./s1. The number of hydrogen-bond donors (Lipinski definition) is 1. The third-order valence-corrected chi connectivity index (χ3v) is 6.48. The van der Waals surface area contributed by atoms with E-state index in [0.29, 0.717) is 12.0 Å². The Morgan fingerprint density at radius 2 is 1.96 bits per heavy atom. The first-order valence-corrected chi connectivity index (χ1v) is 10.3. The number of carbonyl (C=O) groups excluding carboxylic acids is 1. The van der Waals surface area contributed by atoms with Crippen LogP contribution in [-0.4, -0.2) is 59.5 Å². The van der Waals surface area contributed by atoms with Gasteiger partial charge in [-0.3, -0.25) is 9.48 Å². The summed E-state index contributed by atoms with van der Waals surface area (Å²) in [6.07, 6.45) is 11.7. The van der Waals surface area contributed by atoms with Gasteiger partial charge < -0.3 is 15.0 Å². The van der Waals surface area contributed by atoms with Crippen molar-refractivity contribution < 1.29 is 9.53 Å². The normalized spacial score (nSPS) is 27.1. The van der Waals surface area contributed by atoms with E-state index >= 15 is 0 Å². The zero-order valence-electron chi connectivity index (χ0n) is 16.3. The van der Waals surface area contributed by atoms with E-state index in [1.807, 2.05) is 24.1 Å². The molecule has 1 N–H and O–H groups in total. The van der Waals surface area contributed by atoms with Crippen LogP contribution < -0.4 is 5.32 Å². The maximum absolute atomic E-state index is 13.1. The van der Waals surface area contributed by atoms with Crippen molar-refractivity contribution in [2.24, 2.45) is 18.9 Å². The Bertz CT molecular complexity index is 609. The zero-order chi connectivity index (χ0) is 17.9. The number of carbonyl (C=O) groups is 1. The van der Waals surface area contributed by atoms with E-state index in [0.717, 1.165) is 51.5 Å². The Morgan fingerprint density at radius 3 is 2.63 bits per heavy atom. The van der Waals surface area contributed by atoms with E-state index in [4.69, 9.17) is 4.74 Å². The lowest BCUT2D eigenvalue weighted by molar-refractivity contribution is -0.138. The molecule has 0 aromatic carbocycles. The average molecular weight is 397 g/mol. The second-order valence-corrected chi connectivity index (χ2v) is 8.33. The zero-order valence-corrected chi connectivity index (χ0v) is 17.1. The first kappa shape index (κ1) is 20.6. The van der Waals surface area contributed by atoms with Gasteiger partial charge in [-0.1, -0.05) is 12.8 Å². The fourth-order valence-corrected chi connectivity index (χ4v) is 4.85. The van der Waals surface area contributed by atoms with E-state index in [9.17, 15) is 4.79 Å². The van der Waals surface area contributed by atoms with Crippen molar-refractivity contribution >= 4 is 18.3 Å². The summed E-state index contributed by atoms with van der Waals surface area (Å²) in [5, 5.41) is 7.68. The van der Waals surface area contributed by atoms with Crippen molar-refractivity contribution in [2.45, 2.75) is 50.5 Å². The number of piperidine rings is 1. The molecule has 3 fully saturated rings. The van der Waals surface area contributed by atoms with Crippen molar-refractivity contribution in [3.05, 3.63) is 18.0 Å². The van der Waals surface area contributed by atoms with Crippen molar-refractivity contribution in [2.75, 3.05) is 32.8 Å². The Labute approximate surface area is 168 Å². The topological polar surface area (TPSA) is 59.4 Å². The molecular weight excluding hydrogens is 364 g/mol. The number of likely N-dealkylation sites (tertiary alicyclic amines) is 1. The highest BCUT2D eigenvalue weighted by atomic mass is 35.5. The number of hydrogen-bond acceptors (Lipinski definition) is 4. The fourth-order valence-electron chi connectivity index (χ4n) is 4.85. The molecule has 152 valence electrons. The lowest BCUT2D eigenvalue weighted by Gasteiger charge is -2.34. The summed E-state index contributed by atoms with van der Waals surface area (Å²) in [7, 11) is 1.93. The molecular formula is C20H33ClN4O2. The first-order valence-electron chi connectivity index (χ1n) is 10.3. The molecule has 2 atom stereocenters. The third-order valence-electron chi connectivity index (χ3n) is 6.48. The van der Waals surface area contributed by atoms with Gasteiger partial charge in [0.1, 0.15) is 0 Å². The molecule has 7 heteroatoms. The van der Waals surface area contributed by atoms with E-state index < -0.39 is 0 Å². The molecule has 2 saturated heterocycles. The van der Waals surface area contributed by atoms with E-state index in [1.165, 1.54) is 31.2 Å². The molecule has 4 rings (SSSR count). The molecule has 2 aliphatic heterocycles. The minimum absolute atomic E-state index is 0. The summed E-state index contributed by atoms with van der Waals surface area (Å²) in [5.41, 5.74) is 1.17. The van der Waals surface area contributed by atoms with Crippen LogP contribution in [0.5, 0.6) is 0 Å². The summed E-state index contributed by atoms with van der Waals surface area (Å²) < 4.78 is 7.97. The molecule has 6 nitrogen and oxygen atoms in total. The maximum atomic E-state index is 13.1. The number of rotatable bonds is 5. The SMILES string of the molecule is Cl.Cn1cc([C@H]2CNC[C@@H]2C(=O)N2CCC(OCC3CCCC3)CC2)cn1. The number of aromatic nitrogens is 2. The van der Waals surface area contributed by atoms with Gasteiger partial charge in [0.25, 0.3) is 0 Å². The lowest BCUT2D eigenvalue weighted by Crippen LogP contribution is -2.45. The molecule has 1 aromatic heterocycles. The summed E-state index contributed by atoms with van der Waals surface area (Å²) in [6, 6.07) is 0. The predicted octanol–water partition coefficient (Wildman–Crippen LogP) is 2.34. The number of nitrogens with one attached hydrogen (secondary N) is 1. The van der Waals surface area contributed by atoms with Crippen molar-refractivity contribution in [3.8, 4) is 0 Å². The van der Waals surface area contributed by atoms with Gasteiger partial charge in [0.05, 0.1) is 18.2 Å². The quantitative estimate of drug-likeness (QED) is 0.829. The molecule has 0 spiro atoms. The number of ether oxygens (including phenoxy) is 1. The van der Waals surface area contributed by atoms with Crippen LogP contribution in [-0.2, 0) is 16.6 Å². The van der Waals surface area contributed by atoms with Crippen LogP contribution in [0.4, 0.5) is 0 Å². The van der Waals surface area contributed by atoms with Gasteiger partial charge in [-0.25, -0.2) is 0 Å². The first-order chi connectivity index (χ1) is 12.7. The summed E-state index contributed by atoms with van der Waals surface area (Å²) in [4.78, 5) is 15.1. The molecule has 1 amide bonds. The van der Waals surface area contributed by atoms with Crippen LogP contribution >= 0.6 is 12.4 Å². The monoisotopic (exact) mass is 396 g/mol. The van der Waals surface area contributed by atoms with E-state index in [1.54, 1.807) is 0 Å². The van der Waals surface area contributed by atoms with Gasteiger partial charge in [0.15, 0.2) is 0 Å². The van der Waals surface area contributed by atoms with Crippen LogP contribution in [0, 0.1) is 11.8 Å². The van der Waals surface area contributed by atoms with Gasteiger partial charge in [-0.15, -0.1) is 12.4 Å². The highest BCUT2D eigenvalue weighted by Crippen LogP contribution is 2.31. The molecule has 1 aromatic rings. The molecule has 0 unspecified atom stereocenters. The largest absolute Gasteiger partial charge is 0.378 e. The minimum atomic E-state index is 0. The van der Waals surface area contributed by atoms with E-state index in [-0.39, 0.29) is 24.2 Å². The van der Waals surface area contributed by atoms with Crippen LogP contribution in [0.3, 0.4) is 0 Å². The Balaban J connectivity index is 0.00000210. The predicted molar refractivity (Wildman–Crippen MR) is 107 cm³/mol. The summed E-state index contributed by atoms with van der Waals surface area (Å²) >= 11 is 0. The number of amides is 1. The van der Waals surface area contributed by atoms with Gasteiger partial charge >= 0.3 is 0 Å². The van der Waals surface area contributed by atoms with Crippen molar-refractivity contribution in [1.82, 2.24) is 20.0 Å². The van der Waals surface area contributed by atoms with Crippen LogP contribution in [0.1, 0.15) is 50.0 Å². The fraction of sp³-hybridized carbons (Fsp3) is 0.800. The second kappa shape index (κ2) is 9.39. The number of nitrogens with zero attached hydrogens (tertiary/aromatic N) is 3. The molecule has 27 heavy (non-hydrogen) atoms. The lowest BCUT2D eigenvalue weighted by atomic mass is 9.89. The summed E-state index contributed by atoms with van der Waals surface area (Å²) in [5.74, 6) is 1.36.